The van der Waals surface area contributed by atoms with Crippen LogP contribution in [-0.4, -0.2) is 90.8 Å². The first kappa shape index (κ1) is 28.3. The van der Waals surface area contributed by atoms with E-state index in [0.717, 1.165) is 11.3 Å². The summed E-state index contributed by atoms with van der Waals surface area (Å²) >= 11 is 3.72. The number of nitrogens with zero attached hydrogens (tertiary/aromatic N) is 5. The number of terminal acetylenes is 1. The van der Waals surface area contributed by atoms with Crippen molar-refractivity contribution < 1.29 is 24.3 Å². The van der Waals surface area contributed by atoms with Gasteiger partial charge in [-0.1, -0.05) is 22.8 Å². The van der Waals surface area contributed by atoms with Crippen LogP contribution >= 0.6 is 34.9 Å². The number of carbonyl (C=O) groups is 3. The number of β-lactam (4-membered cyclic amide) rings is 1. The second-order valence-corrected chi connectivity index (χ2v) is 11.1. The van der Waals surface area contributed by atoms with Gasteiger partial charge < -0.3 is 37.4 Å². The molecule has 1 saturated heterocycles. The number of anilines is 1. The van der Waals surface area contributed by atoms with Gasteiger partial charge in [0.25, 0.3) is 11.8 Å². The van der Waals surface area contributed by atoms with E-state index >= 15 is 0 Å². The smallest absolute Gasteiger partial charge is 0.352 e. The van der Waals surface area contributed by atoms with Gasteiger partial charge in [-0.05, 0) is 18.6 Å². The first-order valence-electron chi connectivity index (χ1n) is 11.4. The molecular weight excluding hydrogens is 567 g/mol. The Morgan fingerprint density at radius 3 is 2.85 bits per heavy atom. The number of nitrogens with two attached hydrogens (primary N) is 3. The van der Waals surface area contributed by atoms with Crippen LogP contribution in [0.5, 0.6) is 0 Å². The molecule has 14 nitrogen and oxygen atoms in total. The topological polar surface area (TPSA) is 215 Å². The molecule has 2 amide bonds. The summed E-state index contributed by atoms with van der Waals surface area (Å²) in [5.74, 6) is 0.537. The number of oxime groups is 1. The maximum Gasteiger partial charge on any atom is 0.352 e. The number of hydrogen-bond donors (Lipinski definition) is 5. The molecule has 8 N–H and O–H groups in total. The van der Waals surface area contributed by atoms with E-state index in [4.69, 9.17) is 28.5 Å². The number of carboxylic acid groups (broad SMARTS) is 1. The van der Waals surface area contributed by atoms with Crippen molar-refractivity contribution in [1.82, 2.24) is 20.1 Å². The first-order chi connectivity index (χ1) is 18.7. The highest BCUT2D eigenvalue weighted by Crippen LogP contribution is 2.41. The van der Waals surface area contributed by atoms with Crippen LogP contribution in [0.25, 0.3) is 0 Å². The molecule has 1 aromatic heterocycles. The monoisotopic (exact) mass is 591 g/mol. The van der Waals surface area contributed by atoms with Gasteiger partial charge in [0, 0.05) is 23.4 Å². The van der Waals surface area contributed by atoms with E-state index in [1.165, 1.54) is 33.8 Å². The third-order valence-electron chi connectivity index (χ3n) is 5.71. The number of nitrogen functional groups attached to an aromatic ring is 1. The minimum Gasteiger partial charge on any atom is -0.477 e. The number of carbonyl (C=O) groups excluding carboxylic acids is 2. The van der Waals surface area contributed by atoms with Crippen LogP contribution in [0.3, 0.4) is 0 Å². The average molecular weight is 592 g/mol. The Labute approximate surface area is 235 Å². The number of thioether (sulfide) groups is 2. The van der Waals surface area contributed by atoms with Crippen LogP contribution in [0.2, 0.25) is 0 Å². The summed E-state index contributed by atoms with van der Waals surface area (Å²) in [5.41, 5.74) is 18.0. The summed E-state index contributed by atoms with van der Waals surface area (Å²) in [4.78, 5) is 54.7. The Balaban J connectivity index is 1.49. The van der Waals surface area contributed by atoms with Gasteiger partial charge in [0.1, 0.15) is 34.8 Å². The minimum atomic E-state index is -1.24. The van der Waals surface area contributed by atoms with Gasteiger partial charge in [-0.3, -0.25) is 14.5 Å². The molecule has 0 saturated carbocycles. The lowest BCUT2D eigenvalue weighted by Crippen LogP contribution is -2.71. The second-order valence-electron chi connectivity index (χ2n) is 8.16. The number of amides is 2. The van der Waals surface area contributed by atoms with Crippen LogP contribution in [-0.2, 0) is 19.2 Å². The van der Waals surface area contributed by atoms with E-state index in [0.29, 0.717) is 23.0 Å². The summed E-state index contributed by atoms with van der Waals surface area (Å²) in [7, 11) is 0. The molecule has 3 aliphatic rings. The molecule has 3 atom stereocenters. The van der Waals surface area contributed by atoms with Crippen molar-refractivity contribution in [2.45, 2.75) is 24.5 Å². The van der Waals surface area contributed by atoms with E-state index in [2.05, 4.69) is 26.4 Å². The zero-order chi connectivity index (χ0) is 28.3. The second kappa shape index (κ2) is 12.0. The van der Waals surface area contributed by atoms with Crippen molar-refractivity contribution in [3.8, 4) is 12.3 Å². The first-order valence-corrected chi connectivity index (χ1v) is 14.3. The number of rotatable bonds is 9. The number of hydrogen-bond acceptors (Lipinski definition) is 14. The predicted octanol–water partition coefficient (Wildman–Crippen LogP) is -0.673. The summed E-state index contributed by atoms with van der Waals surface area (Å²) in [6.45, 7) is 2.31. The summed E-state index contributed by atoms with van der Waals surface area (Å²) in [6, 6.07) is -0.985. The number of thiazole rings is 1. The number of carboxylic acids is 1. The predicted molar refractivity (Wildman–Crippen MR) is 150 cm³/mol. The molecule has 39 heavy (non-hydrogen) atoms. The zero-order valence-corrected chi connectivity index (χ0v) is 23.0. The Bertz CT molecular complexity index is 1350. The fourth-order valence-corrected chi connectivity index (χ4v) is 7.11. The van der Waals surface area contributed by atoms with E-state index in [1.54, 1.807) is 6.08 Å². The third-order valence-corrected chi connectivity index (χ3v) is 8.80. The Morgan fingerprint density at radius 1 is 1.44 bits per heavy atom. The van der Waals surface area contributed by atoms with Crippen molar-refractivity contribution in [2.24, 2.45) is 21.6 Å². The van der Waals surface area contributed by atoms with Crippen molar-refractivity contribution in [2.75, 3.05) is 30.4 Å². The zero-order valence-electron chi connectivity index (χ0n) is 20.6. The molecule has 4 rings (SSSR count). The molecule has 206 valence electrons. The van der Waals surface area contributed by atoms with Crippen molar-refractivity contribution in [3.05, 3.63) is 34.2 Å². The van der Waals surface area contributed by atoms with E-state index in [-0.39, 0.29) is 40.4 Å². The van der Waals surface area contributed by atoms with Crippen molar-refractivity contribution in [1.29, 1.82) is 0 Å². The molecule has 3 aliphatic heterocycles. The number of aromatic nitrogens is 1. The summed E-state index contributed by atoms with van der Waals surface area (Å²) in [5, 5.41) is 18.0. The maximum atomic E-state index is 13.1. The summed E-state index contributed by atoms with van der Waals surface area (Å²) < 4.78 is 0. The quantitative estimate of drug-likeness (QED) is 0.0794. The molecule has 0 bridgehead atoms. The Kier molecular flexibility index (Phi) is 8.70. The number of nitrogens with one attached hydrogen (secondary N) is 1. The average Bonchev–Trinajstić information content (AvgIpc) is 3.33. The Hall–Kier alpha value is -3.72. The highest BCUT2D eigenvalue weighted by molar-refractivity contribution is 8.14. The number of likely N-dealkylation sites (N-methyl/N-ethyl adjacent to an activating group) is 1. The van der Waals surface area contributed by atoms with Crippen LogP contribution in [0.15, 0.2) is 38.7 Å². The lowest BCUT2D eigenvalue weighted by Gasteiger charge is -2.49. The van der Waals surface area contributed by atoms with Crippen LogP contribution < -0.4 is 22.5 Å². The van der Waals surface area contributed by atoms with E-state index in [9.17, 15) is 19.5 Å². The van der Waals surface area contributed by atoms with E-state index < -0.39 is 35.4 Å². The minimum absolute atomic E-state index is 0.118. The number of aliphatic carboxylic acids is 1. The van der Waals surface area contributed by atoms with E-state index in [1.807, 2.05) is 11.8 Å². The molecule has 1 fully saturated rings. The lowest BCUT2D eigenvalue weighted by molar-refractivity contribution is -0.150. The van der Waals surface area contributed by atoms with Gasteiger partial charge in [0.2, 0.25) is 0 Å². The van der Waals surface area contributed by atoms with Crippen LogP contribution in [0, 0.1) is 12.3 Å². The van der Waals surface area contributed by atoms with Gasteiger partial charge in [0.05, 0.1) is 0 Å². The number of amidine groups is 1. The number of aliphatic imine (C=N–C) groups is 1. The molecule has 4 heterocycles. The fourth-order valence-electron chi connectivity index (χ4n) is 3.96. The molecule has 0 aromatic carbocycles. The molecule has 1 aromatic rings. The fraction of sp³-hybridized carbons (Fsp3) is 0.364. The molecule has 17 heteroatoms. The van der Waals surface area contributed by atoms with Gasteiger partial charge in [-0.25, -0.2) is 14.8 Å². The number of fused-ring (bicyclic) bond motifs is 1. The van der Waals surface area contributed by atoms with Crippen LogP contribution in [0.1, 0.15) is 12.6 Å². The maximum absolute atomic E-state index is 13.1. The third kappa shape index (κ3) is 5.83. The van der Waals surface area contributed by atoms with Crippen LogP contribution in [0.4, 0.5) is 5.13 Å². The Morgan fingerprint density at radius 2 is 2.21 bits per heavy atom. The summed E-state index contributed by atoms with van der Waals surface area (Å²) in [6.07, 6.45) is 6.35. The van der Waals surface area contributed by atoms with Gasteiger partial charge in [-0.15, -0.1) is 29.5 Å². The SMILES string of the molecule is C#CCO/N=C(\C(=O)NC1C(=O)N2C(C(=O)O)=C(CSC3=NC(N)=CC(N)N3CC)CS[C@@H]12)c1csc(N)n1. The normalized spacial score (nSPS) is 22.8. The van der Waals surface area contributed by atoms with Gasteiger partial charge >= 0.3 is 5.97 Å². The molecule has 0 radical (unpaired) electrons. The highest BCUT2D eigenvalue weighted by Gasteiger charge is 2.54. The molecular formula is C22H25N9O5S3. The van der Waals surface area contributed by atoms with Crippen molar-refractivity contribution >= 4 is 68.7 Å². The lowest BCUT2D eigenvalue weighted by atomic mass is 10.0. The van der Waals surface area contributed by atoms with Gasteiger partial charge in [-0.2, -0.15) is 0 Å². The standard InChI is InChI=1S/C22H25N9O5S3/c1-3-5-36-29-14(11-9-38-21(25)26-11)17(32)28-15-18(33)31-16(20(34)35)10(7-37-19(15)31)8-39-22-27-12(23)6-13(24)30(22)4-2/h1,6,9,13,15,19H,4-5,7-8,23-24H2,2H3,(H2,25,26)(H,28,32)(H,34,35)/b29-14-/t13?,15?,19-/m0/s1. The van der Waals surface area contributed by atoms with Crippen molar-refractivity contribution in [3.63, 3.8) is 0 Å². The molecule has 0 aliphatic carbocycles. The molecule has 0 spiro atoms. The largest absolute Gasteiger partial charge is 0.477 e. The molecule has 2 unspecified atom stereocenters. The highest BCUT2D eigenvalue weighted by atomic mass is 32.2. The van der Waals surface area contributed by atoms with Gasteiger partial charge in [0.15, 0.2) is 22.6 Å².